The van der Waals surface area contributed by atoms with Gasteiger partial charge in [0.1, 0.15) is 16.6 Å². The van der Waals surface area contributed by atoms with E-state index in [-0.39, 0.29) is 5.69 Å². The van der Waals surface area contributed by atoms with Crippen molar-refractivity contribution in [1.82, 2.24) is 4.98 Å². The molecule has 0 radical (unpaired) electrons. The molecule has 0 saturated heterocycles. The minimum absolute atomic E-state index is 0.0267. The SMILES string of the molecule is N#CC(=CNc1cccc([N+](=O)[O-])c1)c1nc(-c2ccc(Cl)cc2)cs1. The van der Waals surface area contributed by atoms with E-state index in [1.807, 2.05) is 17.5 Å². The van der Waals surface area contributed by atoms with Crippen molar-refractivity contribution in [2.45, 2.75) is 0 Å². The van der Waals surface area contributed by atoms with Crippen LogP contribution in [0.3, 0.4) is 0 Å². The lowest BCUT2D eigenvalue weighted by Crippen LogP contribution is -1.93. The van der Waals surface area contributed by atoms with E-state index < -0.39 is 4.92 Å². The number of benzene rings is 2. The van der Waals surface area contributed by atoms with Crippen LogP contribution in [0.2, 0.25) is 5.02 Å². The number of allylic oxidation sites excluding steroid dienone is 1. The molecule has 0 spiro atoms. The fourth-order valence-corrected chi connectivity index (χ4v) is 3.08. The zero-order valence-corrected chi connectivity index (χ0v) is 14.8. The Morgan fingerprint density at radius 2 is 2.08 bits per heavy atom. The van der Waals surface area contributed by atoms with Crippen LogP contribution in [0.25, 0.3) is 16.8 Å². The first-order valence-electron chi connectivity index (χ1n) is 7.40. The minimum atomic E-state index is -0.473. The maximum Gasteiger partial charge on any atom is 0.271 e. The van der Waals surface area contributed by atoms with Gasteiger partial charge in [-0.25, -0.2) is 4.98 Å². The van der Waals surface area contributed by atoms with Gasteiger partial charge >= 0.3 is 0 Å². The molecular weight excluding hydrogens is 372 g/mol. The third-order valence-electron chi connectivity index (χ3n) is 3.44. The van der Waals surface area contributed by atoms with Crippen molar-refractivity contribution in [3.8, 4) is 17.3 Å². The molecule has 1 aromatic heterocycles. The van der Waals surface area contributed by atoms with Gasteiger partial charge in [0.15, 0.2) is 0 Å². The molecule has 0 atom stereocenters. The van der Waals surface area contributed by atoms with Crippen LogP contribution >= 0.6 is 22.9 Å². The summed E-state index contributed by atoms with van der Waals surface area (Å²) in [4.78, 5) is 14.8. The van der Waals surface area contributed by atoms with Crippen LogP contribution in [0, 0.1) is 21.4 Å². The lowest BCUT2D eigenvalue weighted by molar-refractivity contribution is -0.384. The van der Waals surface area contributed by atoms with Gasteiger partial charge in [-0.15, -0.1) is 11.3 Å². The average molecular weight is 383 g/mol. The summed E-state index contributed by atoms with van der Waals surface area (Å²) in [6.07, 6.45) is 1.49. The van der Waals surface area contributed by atoms with Gasteiger partial charge in [-0.1, -0.05) is 29.8 Å². The van der Waals surface area contributed by atoms with Crippen molar-refractivity contribution < 1.29 is 4.92 Å². The van der Waals surface area contributed by atoms with Crippen molar-refractivity contribution >= 4 is 39.9 Å². The van der Waals surface area contributed by atoms with Crippen LogP contribution < -0.4 is 5.32 Å². The topological polar surface area (TPSA) is 91.8 Å². The molecular formula is C18H11ClN4O2S. The minimum Gasteiger partial charge on any atom is -0.360 e. The first-order valence-corrected chi connectivity index (χ1v) is 8.65. The predicted octanol–water partition coefficient (Wildman–Crippen LogP) is 5.35. The molecule has 0 amide bonds. The summed E-state index contributed by atoms with van der Waals surface area (Å²) in [5, 5.41) is 26.2. The largest absolute Gasteiger partial charge is 0.360 e. The predicted molar refractivity (Wildman–Crippen MR) is 103 cm³/mol. The fourth-order valence-electron chi connectivity index (χ4n) is 2.16. The van der Waals surface area contributed by atoms with E-state index in [1.165, 1.54) is 29.7 Å². The van der Waals surface area contributed by atoms with Crippen LogP contribution in [0.1, 0.15) is 5.01 Å². The molecule has 1 N–H and O–H groups in total. The van der Waals surface area contributed by atoms with Crippen LogP contribution in [0.5, 0.6) is 0 Å². The fraction of sp³-hybridized carbons (Fsp3) is 0. The van der Waals surface area contributed by atoms with Gasteiger partial charge < -0.3 is 5.32 Å². The Hall–Kier alpha value is -3.21. The number of anilines is 1. The van der Waals surface area contributed by atoms with E-state index in [9.17, 15) is 15.4 Å². The molecule has 0 aliphatic rings. The Kier molecular flexibility index (Phi) is 5.27. The van der Waals surface area contributed by atoms with E-state index in [2.05, 4.69) is 16.4 Å². The summed E-state index contributed by atoms with van der Waals surface area (Å²) < 4.78 is 0. The third kappa shape index (κ3) is 4.06. The number of aromatic nitrogens is 1. The van der Waals surface area contributed by atoms with Crippen LogP contribution in [-0.2, 0) is 0 Å². The molecule has 0 bridgehead atoms. The summed E-state index contributed by atoms with van der Waals surface area (Å²) in [6, 6.07) is 15.4. The van der Waals surface area contributed by atoms with Crippen molar-refractivity contribution in [2.75, 3.05) is 5.32 Å². The molecule has 0 saturated carbocycles. The number of nitro benzene ring substituents is 1. The van der Waals surface area contributed by atoms with Crippen LogP contribution in [0.4, 0.5) is 11.4 Å². The summed E-state index contributed by atoms with van der Waals surface area (Å²) in [5.41, 5.74) is 2.48. The van der Waals surface area contributed by atoms with E-state index in [1.54, 1.807) is 24.3 Å². The summed E-state index contributed by atoms with van der Waals surface area (Å²) in [5.74, 6) is 0. The second-order valence-electron chi connectivity index (χ2n) is 5.17. The van der Waals surface area contributed by atoms with E-state index in [4.69, 9.17) is 11.6 Å². The molecule has 3 aromatic rings. The van der Waals surface area contributed by atoms with Crippen molar-refractivity contribution in [2.24, 2.45) is 0 Å². The number of non-ortho nitro benzene ring substituents is 1. The number of rotatable bonds is 5. The smallest absolute Gasteiger partial charge is 0.271 e. The van der Waals surface area contributed by atoms with Crippen molar-refractivity contribution in [3.63, 3.8) is 0 Å². The first-order chi connectivity index (χ1) is 12.6. The van der Waals surface area contributed by atoms with Gasteiger partial charge in [0.2, 0.25) is 0 Å². The van der Waals surface area contributed by atoms with Gasteiger partial charge in [0.05, 0.1) is 10.6 Å². The second-order valence-corrected chi connectivity index (χ2v) is 6.46. The van der Waals surface area contributed by atoms with E-state index in [0.29, 0.717) is 21.3 Å². The monoisotopic (exact) mass is 382 g/mol. The molecule has 0 aliphatic heterocycles. The molecule has 0 aliphatic carbocycles. The van der Waals surface area contributed by atoms with Gasteiger partial charge in [0, 0.05) is 40.0 Å². The Bertz CT molecular complexity index is 1020. The molecule has 0 unspecified atom stereocenters. The first kappa shape index (κ1) is 17.6. The van der Waals surface area contributed by atoms with Crippen molar-refractivity contribution in [1.29, 1.82) is 5.26 Å². The lowest BCUT2D eigenvalue weighted by Gasteiger charge is -2.01. The maximum absolute atomic E-state index is 10.8. The molecule has 8 heteroatoms. The van der Waals surface area contributed by atoms with Gasteiger partial charge in [-0.2, -0.15) is 5.26 Å². The Morgan fingerprint density at radius 1 is 1.31 bits per heavy atom. The number of nitrogens with one attached hydrogen (secondary N) is 1. The standard InChI is InChI=1S/C18H11ClN4O2S/c19-14-6-4-12(5-7-14)17-11-26-18(22-17)13(9-20)10-21-15-2-1-3-16(8-15)23(24)25/h1-8,10-11,21H. The van der Waals surface area contributed by atoms with Gasteiger partial charge in [-0.3, -0.25) is 10.1 Å². The summed E-state index contributed by atoms with van der Waals surface area (Å²) in [7, 11) is 0. The second kappa shape index (κ2) is 7.78. The molecule has 1 heterocycles. The quantitative estimate of drug-likeness (QED) is 0.365. The highest BCUT2D eigenvalue weighted by Crippen LogP contribution is 2.27. The Balaban J connectivity index is 1.82. The number of hydrogen-bond acceptors (Lipinski definition) is 6. The van der Waals surface area contributed by atoms with Gasteiger partial charge in [0.25, 0.3) is 5.69 Å². The van der Waals surface area contributed by atoms with E-state index in [0.717, 1.165) is 11.3 Å². The molecule has 2 aromatic carbocycles. The highest BCUT2D eigenvalue weighted by atomic mass is 35.5. The maximum atomic E-state index is 10.8. The normalized spacial score (nSPS) is 11.0. The highest BCUT2D eigenvalue weighted by molar-refractivity contribution is 7.11. The number of nitrogens with zero attached hydrogens (tertiary/aromatic N) is 3. The average Bonchev–Trinajstić information content (AvgIpc) is 3.13. The lowest BCUT2D eigenvalue weighted by atomic mass is 10.2. The Morgan fingerprint density at radius 3 is 2.77 bits per heavy atom. The molecule has 26 heavy (non-hydrogen) atoms. The Labute approximate surface area is 158 Å². The number of nitriles is 1. The summed E-state index contributed by atoms with van der Waals surface area (Å²) >= 11 is 7.23. The molecule has 0 fully saturated rings. The zero-order chi connectivity index (χ0) is 18.5. The number of thiazole rings is 1. The number of hydrogen-bond donors (Lipinski definition) is 1. The van der Waals surface area contributed by atoms with Crippen LogP contribution in [-0.4, -0.2) is 9.91 Å². The molecule has 128 valence electrons. The van der Waals surface area contributed by atoms with E-state index >= 15 is 0 Å². The zero-order valence-electron chi connectivity index (χ0n) is 13.2. The number of nitro groups is 1. The molecule has 3 rings (SSSR count). The van der Waals surface area contributed by atoms with Gasteiger partial charge in [-0.05, 0) is 18.2 Å². The third-order valence-corrected chi connectivity index (χ3v) is 4.56. The summed E-state index contributed by atoms with van der Waals surface area (Å²) in [6.45, 7) is 0. The molecule has 6 nitrogen and oxygen atoms in total. The number of halogens is 1. The van der Waals surface area contributed by atoms with Crippen LogP contribution in [0.15, 0.2) is 60.1 Å². The van der Waals surface area contributed by atoms with Crippen molar-refractivity contribution in [3.05, 3.63) is 80.3 Å². The highest BCUT2D eigenvalue weighted by Gasteiger charge is 2.10.